The zero-order chi connectivity index (χ0) is 12.1. The molecule has 5 heteroatoms. The minimum absolute atomic E-state index is 0.826. The van der Waals surface area contributed by atoms with Crippen LogP contribution >= 0.6 is 0 Å². The van der Waals surface area contributed by atoms with Crippen molar-refractivity contribution >= 4 is 0 Å². The number of hydrogen-bond acceptors (Lipinski definition) is 4. The summed E-state index contributed by atoms with van der Waals surface area (Å²) in [7, 11) is 1.92. The van der Waals surface area contributed by atoms with Gasteiger partial charge in [-0.1, -0.05) is 6.92 Å². The van der Waals surface area contributed by atoms with Gasteiger partial charge in [-0.3, -0.25) is 4.68 Å². The summed E-state index contributed by atoms with van der Waals surface area (Å²) in [6, 6.07) is 0. The molecule has 1 aliphatic heterocycles. The normalized spacial score (nSPS) is 21.2. The summed E-state index contributed by atoms with van der Waals surface area (Å²) >= 11 is 0. The second-order valence-corrected chi connectivity index (χ2v) is 4.85. The van der Waals surface area contributed by atoms with Crippen LogP contribution in [0.1, 0.15) is 19.2 Å². The first-order chi connectivity index (χ1) is 8.28. The Bertz CT molecular complexity index is 335. The maximum absolute atomic E-state index is 4.31. The molecule has 17 heavy (non-hydrogen) atoms. The largest absolute Gasteiger partial charge is 0.317 e. The molecule has 0 bridgehead atoms. The highest BCUT2D eigenvalue weighted by Crippen LogP contribution is 2.15. The predicted octanol–water partition coefficient (Wildman–Crippen LogP) is 0.289. The van der Waals surface area contributed by atoms with E-state index >= 15 is 0 Å². The molecule has 96 valence electrons. The van der Waals surface area contributed by atoms with Gasteiger partial charge in [0.25, 0.3) is 0 Å². The van der Waals surface area contributed by atoms with Crippen LogP contribution in [0.2, 0.25) is 0 Å². The standard InChI is InChI=1S/C12H23N5/c1-3-13-8-11-4-6-17(9-11)7-5-12-14-10-16(2)15-12/h10-11,13H,3-9H2,1-2H3. The second-order valence-electron chi connectivity index (χ2n) is 4.85. The van der Waals surface area contributed by atoms with Crippen LogP contribution in [0.5, 0.6) is 0 Å². The summed E-state index contributed by atoms with van der Waals surface area (Å²) in [5.74, 6) is 1.79. The molecule has 0 aliphatic carbocycles. The first-order valence-corrected chi connectivity index (χ1v) is 6.55. The lowest BCUT2D eigenvalue weighted by atomic mass is 10.1. The first-order valence-electron chi connectivity index (χ1n) is 6.55. The Hall–Kier alpha value is -0.940. The fraction of sp³-hybridized carbons (Fsp3) is 0.833. The van der Waals surface area contributed by atoms with Gasteiger partial charge in [-0.25, -0.2) is 4.98 Å². The van der Waals surface area contributed by atoms with Gasteiger partial charge in [0.15, 0.2) is 5.82 Å². The van der Waals surface area contributed by atoms with Gasteiger partial charge in [0.2, 0.25) is 0 Å². The SMILES string of the molecule is CCNCC1CCN(CCc2ncn(C)n2)C1. The van der Waals surface area contributed by atoms with E-state index in [0.717, 1.165) is 37.8 Å². The Morgan fingerprint density at radius 3 is 3.12 bits per heavy atom. The molecule has 1 aromatic heterocycles. The molecule has 5 nitrogen and oxygen atoms in total. The van der Waals surface area contributed by atoms with Crippen LogP contribution in [0.4, 0.5) is 0 Å². The van der Waals surface area contributed by atoms with E-state index in [0.29, 0.717) is 0 Å². The van der Waals surface area contributed by atoms with Crippen LogP contribution in [0.3, 0.4) is 0 Å². The number of aromatic nitrogens is 3. The maximum atomic E-state index is 4.31. The summed E-state index contributed by atoms with van der Waals surface area (Å²) in [5, 5.41) is 7.74. The third-order valence-electron chi connectivity index (χ3n) is 3.35. The number of nitrogens with one attached hydrogen (secondary N) is 1. The molecule has 2 heterocycles. The van der Waals surface area contributed by atoms with E-state index in [9.17, 15) is 0 Å². The fourth-order valence-corrected chi connectivity index (χ4v) is 2.39. The number of rotatable bonds is 6. The van der Waals surface area contributed by atoms with Gasteiger partial charge < -0.3 is 10.2 Å². The molecule has 0 radical (unpaired) electrons. The van der Waals surface area contributed by atoms with E-state index in [1.807, 2.05) is 7.05 Å². The average Bonchev–Trinajstić information content (AvgIpc) is 2.93. The predicted molar refractivity (Wildman–Crippen MR) is 67.8 cm³/mol. The third-order valence-corrected chi connectivity index (χ3v) is 3.35. The molecule has 1 saturated heterocycles. The highest BCUT2D eigenvalue weighted by atomic mass is 15.3. The summed E-state index contributed by atoms with van der Waals surface area (Å²) in [5.41, 5.74) is 0. The van der Waals surface area contributed by atoms with Gasteiger partial charge in [-0.15, -0.1) is 0 Å². The van der Waals surface area contributed by atoms with Crippen molar-refractivity contribution in [2.75, 3.05) is 32.7 Å². The summed E-state index contributed by atoms with van der Waals surface area (Å²) in [6.07, 6.45) is 4.06. The molecule has 1 atom stereocenters. The Morgan fingerprint density at radius 1 is 1.53 bits per heavy atom. The lowest BCUT2D eigenvalue weighted by molar-refractivity contribution is 0.323. The lowest BCUT2D eigenvalue weighted by Crippen LogP contribution is -2.27. The summed E-state index contributed by atoms with van der Waals surface area (Å²) < 4.78 is 1.77. The van der Waals surface area contributed by atoms with Crippen molar-refractivity contribution in [2.45, 2.75) is 19.8 Å². The monoisotopic (exact) mass is 237 g/mol. The zero-order valence-corrected chi connectivity index (χ0v) is 10.9. The van der Waals surface area contributed by atoms with E-state index in [4.69, 9.17) is 0 Å². The van der Waals surface area contributed by atoms with Gasteiger partial charge in [-0.05, 0) is 32.0 Å². The molecule has 0 saturated carbocycles. The topological polar surface area (TPSA) is 46.0 Å². The van der Waals surface area contributed by atoms with Crippen molar-refractivity contribution < 1.29 is 0 Å². The quantitative estimate of drug-likeness (QED) is 0.772. The van der Waals surface area contributed by atoms with Gasteiger partial charge in [0, 0.05) is 26.6 Å². The highest BCUT2D eigenvalue weighted by molar-refractivity contribution is 4.85. The zero-order valence-electron chi connectivity index (χ0n) is 10.9. The third kappa shape index (κ3) is 3.78. The van der Waals surface area contributed by atoms with E-state index in [-0.39, 0.29) is 0 Å². The van der Waals surface area contributed by atoms with E-state index < -0.39 is 0 Å². The molecule has 0 spiro atoms. The van der Waals surface area contributed by atoms with E-state index in [1.54, 1.807) is 11.0 Å². The van der Waals surface area contributed by atoms with Crippen LogP contribution in [-0.4, -0.2) is 52.4 Å². The fourth-order valence-electron chi connectivity index (χ4n) is 2.39. The number of hydrogen-bond donors (Lipinski definition) is 1. The molecule has 1 aromatic rings. The van der Waals surface area contributed by atoms with Gasteiger partial charge in [-0.2, -0.15) is 5.10 Å². The van der Waals surface area contributed by atoms with Crippen molar-refractivity contribution in [3.8, 4) is 0 Å². The number of nitrogens with zero attached hydrogens (tertiary/aromatic N) is 4. The van der Waals surface area contributed by atoms with Crippen LogP contribution in [0.25, 0.3) is 0 Å². The molecule has 1 fully saturated rings. The summed E-state index contributed by atoms with van der Waals surface area (Å²) in [4.78, 5) is 6.78. The minimum Gasteiger partial charge on any atom is -0.317 e. The van der Waals surface area contributed by atoms with Gasteiger partial charge in [0.1, 0.15) is 6.33 Å². The molecular weight excluding hydrogens is 214 g/mol. The van der Waals surface area contributed by atoms with Crippen LogP contribution in [0, 0.1) is 5.92 Å². The smallest absolute Gasteiger partial charge is 0.151 e. The Balaban J connectivity index is 1.67. The molecule has 1 unspecified atom stereocenters. The Labute approximate surface area is 103 Å². The Kier molecular flexibility index (Phi) is 4.50. The second kappa shape index (κ2) is 6.12. The van der Waals surface area contributed by atoms with Crippen molar-refractivity contribution in [3.63, 3.8) is 0 Å². The molecular formula is C12H23N5. The summed E-state index contributed by atoms with van der Waals surface area (Å²) in [6.45, 7) is 7.94. The van der Waals surface area contributed by atoms with Crippen molar-refractivity contribution in [1.82, 2.24) is 25.0 Å². The lowest BCUT2D eigenvalue weighted by Gasteiger charge is -2.15. The molecule has 1 N–H and O–H groups in total. The average molecular weight is 237 g/mol. The van der Waals surface area contributed by atoms with Gasteiger partial charge in [0.05, 0.1) is 0 Å². The van der Waals surface area contributed by atoms with Crippen molar-refractivity contribution in [3.05, 3.63) is 12.2 Å². The first kappa shape index (κ1) is 12.5. The molecule has 0 amide bonds. The van der Waals surface area contributed by atoms with Crippen LogP contribution < -0.4 is 5.32 Å². The van der Waals surface area contributed by atoms with Crippen LogP contribution in [0.15, 0.2) is 6.33 Å². The highest BCUT2D eigenvalue weighted by Gasteiger charge is 2.21. The van der Waals surface area contributed by atoms with E-state index in [2.05, 4.69) is 27.2 Å². The number of aryl methyl sites for hydroxylation is 1. The minimum atomic E-state index is 0.826. The van der Waals surface area contributed by atoms with Crippen molar-refractivity contribution in [1.29, 1.82) is 0 Å². The Morgan fingerprint density at radius 2 is 2.41 bits per heavy atom. The van der Waals surface area contributed by atoms with Crippen molar-refractivity contribution in [2.24, 2.45) is 13.0 Å². The van der Waals surface area contributed by atoms with Crippen LogP contribution in [-0.2, 0) is 13.5 Å². The maximum Gasteiger partial charge on any atom is 0.151 e. The molecule has 2 rings (SSSR count). The number of likely N-dealkylation sites (tertiary alicyclic amines) is 1. The van der Waals surface area contributed by atoms with Gasteiger partial charge >= 0.3 is 0 Å². The van der Waals surface area contributed by atoms with E-state index in [1.165, 1.54) is 19.5 Å². The molecule has 0 aromatic carbocycles. The molecule has 1 aliphatic rings.